The van der Waals surface area contributed by atoms with Gasteiger partial charge in [0.05, 0.1) is 7.11 Å². The van der Waals surface area contributed by atoms with Crippen molar-refractivity contribution in [1.29, 1.82) is 0 Å². The molecule has 0 saturated heterocycles. The second-order valence-electron chi connectivity index (χ2n) is 4.40. The Hall–Kier alpha value is -2.00. The summed E-state index contributed by atoms with van der Waals surface area (Å²) in [6.45, 7) is 0. The summed E-state index contributed by atoms with van der Waals surface area (Å²) in [5.74, 6) is -0.133. The number of benzene rings is 2. The van der Waals surface area contributed by atoms with E-state index in [-0.39, 0.29) is 6.42 Å². The van der Waals surface area contributed by atoms with Crippen molar-refractivity contribution >= 4 is 17.6 Å². The van der Waals surface area contributed by atoms with Crippen LogP contribution in [-0.2, 0) is 11.2 Å². The van der Waals surface area contributed by atoms with Gasteiger partial charge in [0, 0.05) is 17.0 Å². The van der Waals surface area contributed by atoms with E-state index in [0.717, 1.165) is 16.7 Å². The minimum absolute atomic E-state index is 0.0851. The van der Waals surface area contributed by atoms with E-state index in [9.17, 15) is 4.79 Å². The molecule has 0 unspecified atom stereocenters. The predicted octanol–water partition coefficient (Wildman–Crippen LogP) is 4.03. The first-order valence-electron chi connectivity index (χ1n) is 6.25. The molecule has 0 saturated carbocycles. The summed E-state index contributed by atoms with van der Waals surface area (Å²) >= 11 is 6.18. The molecule has 0 radical (unpaired) electrons. The van der Waals surface area contributed by atoms with Crippen molar-refractivity contribution in [3.05, 3.63) is 53.1 Å². The van der Waals surface area contributed by atoms with Gasteiger partial charge in [-0.1, -0.05) is 41.9 Å². The van der Waals surface area contributed by atoms with E-state index in [1.807, 2.05) is 42.5 Å². The summed E-state index contributed by atoms with van der Waals surface area (Å²) in [4.78, 5) is 10.6. The molecule has 0 aliphatic rings. The summed E-state index contributed by atoms with van der Waals surface area (Å²) < 4.78 is 5.34. The Bertz CT molecular complexity index is 623. The van der Waals surface area contributed by atoms with Gasteiger partial charge < -0.3 is 9.84 Å². The molecule has 0 aliphatic heterocycles. The van der Waals surface area contributed by atoms with Gasteiger partial charge in [-0.15, -0.1) is 0 Å². The first-order chi connectivity index (χ1) is 9.61. The third-order valence-corrected chi connectivity index (χ3v) is 3.41. The predicted molar refractivity (Wildman–Crippen MR) is 79.4 cm³/mol. The van der Waals surface area contributed by atoms with Gasteiger partial charge >= 0.3 is 5.97 Å². The van der Waals surface area contributed by atoms with Crippen LogP contribution in [0, 0.1) is 0 Å². The average molecular weight is 291 g/mol. The molecule has 104 valence electrons. The summed E-state index contributed by atoms with van der Waals surface area (Å²) in [6, 6.07) is 13.3. The molecule has 0 amide bonds. The normalized spacial score (nSPS) is 10.3. The Morgan fingerprint density at radius 3 is 2.65 bits per heavy atom. The second kappa shape index (κ2) is 6.44. The molecule has 4 heteroatoms. The number of methoxy groups -OCH3 is 1. The molecule has 0 bridgehead atoms. The number of rotatable bonds is 5. The van der Waals surface area contributed by atoms with Crippen molar-refractivity contribution < 1.29 is 14.6 Å². The maximum absolute atomic E-state index is 10.6. The summed E-state index contributed by atoms with van der Waals surface area (Å²) in [6.07, 6.45) is 0.531. The number of ether oxygens (including phenoxy) is 1. The highest BCUT2D eigenvalue weighted by Crippen LogP contribution is 2.32. The molecule has 2 aromatic rings. The van der Waals surface area contributed by atoms with E-state index in [0.29, 0.717) is 17.2 Å². The van der Waals surface area contributed by atoms with E-state index >= 15 is 0 Å². The van der Waals surface area contributed by atoms with Crippen molar-refractivity contribution in [3.8, 4) is 16.9 Å². The zero-order chi connectivity index (χ0) is 14.5. The van der Waals surface area contributed by atoms with Crippen LogP contribution in [0.15, 0.2) is 42.5 Å². The molecular formula is C16H15ClO3. The van der Waals surface area contributed by atoms with Crippen LogP contribution in [-0.4, -0.2) is 18.2 Å². The highest BCUT2D eigenvalue weighted by Gasteiger charge is 2.09. The van der Waals surface area contributed by atoms with E-state index in [4.69, 9.17) is 21.4 Å². The highest BCUT2D eigenvalue weighted by molar-refractivity contribution is 6.33. The maximum Gasteiger partial charge on any atom is 0.303 e. The number of hydrogen-bond donors (Lipinski definition) is 1. The Balaban J connectivity index is 2.34. The first-order valence-corrected chi connectivity index (χ1v) is 6.63. The second-order valence-corrected chi connectivity index (χ2v) is 4.81. The molecular weight excluding hydrogens is 276 g/mol. The molecule has 1 N–H and O–H groups in total. The number of hydrogen-bond acceptors (Lipinski definition) is 2. The fraction of sp³-hybridized carbons (Fsp3) is 0.188. The number of aliphatic carboxylic acids is 1. The Morgan fingerprint density at radius 2 is 2.00 bits per heavy atom. The number of aryl methyl sites for hydroxylation is 1. The zero-order valence-electron chi connectivity index (χ0n) is 11.1. The van der Waals surface area contributed by atoms with Gasteiger partial charge in [0.1, 0.15) is 5.75 Å². The van der Waals surface area contributed by atoms with E-state index < -0.39 is 5.97 Å². The topological polar surface area (TPSA) is 46.5 Å². The molecule has 0 fully saturated rings. The molecule has 2 rings (SSSR count). The van der Waals surface area contributed by atoms with Crippen LogP contribution < -0.4 is 4.74 Å². The Labute approximate surface area is 122 Å². The molecule has 0 aliphatic carbocycles. The highest BCUT2D eigenvalue weighted by atomic mass is 35.5. The SMILES string of the molecule is COc1cc(-c2ccccc2Cl)ccc1CCC(=O)O. The van der Waals surface area contributed by atoms with Crippen molar-refractivity contribution in [1.82, 2.24) is 0 Å². The summed E-state index contributed by atoms with van der Waals surface area (Å²) in [5, 5.41) is 9.42. The Morgan fingerprint density at radius 1 is 1.25 bits per heavy atom. The lowest BCUT2D eigenvalue weighted by atomic mass is 10.0. The van der Waals surface area contributed by atoms with Crippen molar-refractivity contribution in [2.24, 2.45) is 0 Å². The lowest BCUT2D eigenvalue weighted by molar-refractivity contribution is -0.136. The third-order valence-electron chi connectivity index (χ3n) is 3.08. The van der Waals surface area contributed by atoms with E-state index in [2.05, 4.69) is 0 Å². The molecule has 3 nitrogen and oxygen atoms in total. The van der Waals surface area contributed by atoms with Crippen LogP contribution in [0.25, 0.3) is 11.1 Å². The minimum Gasteiger partial charge on any atom is -0.496 e. The maximum atomic E-state index is 10.6. The van der Waals surface area contributed by atoms with Gasteiger partial charge in [0.15, 0.2) is 0 Å². The fourth-order valence-corrected chi connectivity index (χ4v) is 2.30. The van der Waals surface area contributed by atoms with Crippen molar-refractivity contribution in [3.63, 3.8) is 0 Å². The molecule has 0 aromatic heterocycles. The molecule has 2 aromatic carbocycles. The van der Waals surface area contributed by atoms with Crippen LogP contribution in [0.2, 0.25) is 5.02 Å². The van der Waals surface area contributed by atoms with Gasteiger partial charge in [0.25, 0.3) is 0 Å². The quantitative estimate of drug-likeness (QED) is 0.904. The standard InChI is InChI=1S/C16H15ClO3/c1-20-15-10-12(13-4-2-3-5-14(13)17)7-6-11(15)8-9-16(18)19/h2-7,10H,8-9H2,1H3,(H,18,19). The van der Waals surface area contributed by atoms with Crippen molar-refractivity contribution in [2.75, 3.05) is 7.11 Å². The zero-order valence-corrected chi connectivity index (χ0v) is 11.9. The smallest absolute Gasteiger partial charge is 0.303 e. The number of halogens is 1. The first kappa shape index (κ1) is 14.4. The lowest BCUT2D eigenvalue weighted by Crippen LogP contribution is -1.99. The van der Waals surface area contributed by atoms with Crippen LogP contribution in [0.3, 0.4) is 0 Å². The van der Waals surface area contributed by atoms with Crippen LogP contribution in [0.5, 0.6) is 5.75 Å². The van der Waals surface area contributed by atoms with Gasteiger partial charge in [-0.05, 0) is 29.7 Å². The fourth-order valence-electron chi connectivity index (χ4n) is 2.06. The van der Waals surface area contributed by atoms with Crippen LogP contribution >= 0.6 is 11.6 Å². The number of carboxylic acids is 1. The van der Waals surface area contributed by atoms with Gasteiger partial charge in [-0.3, -0.25) is 4.79 Å². The Kier molecular flexibility index (Phi) is 4.64. The van der Waals surface area contributed by atoms with Crippen molar-refractivity contribution in [2.45, 2.75) is 12.8 Å². The molecule has 0 spiro atoms. The largest absolute Gasteiger partial charge is 0.496 e. The van der Waals surface area contributed by atoms with E-state index in [1.54, 1.807) is 7.11 Å². The monoisotopic (exact) mass is 290 g/mol. The van der Waals surface area contributed by atoms with Gasteiger partial charge in [-0.2, -0.15) is 0 Å². The average Bonchev–Trinajstić information content (AvgIpc) is 2.45. The van der Waals surface area contributed by atoms with Crippen LogP contribution in [0.1, 0.15) is 12.0 Å². The van der Waals surface area contributed by atoms with Gasteiger partial charge in [0.2, 0.25) is 0 Å². The van der Waals surface area contributed by atoms with E-state index in [1.165, 1.54) is 0 Å². The molecule has 0 atom stereocenters. The lowest BCUT2D eigenvalue weighted by Gasteiger charge is -2.11. The summed E-state index contributed by atoms with van der Waals surface area (Å²) in [7, 11) is 1.58. The van der Waals surface area contributed by atoms with Crippen LogP contribution in [0.4, 0.5) is 0 Å². The number of carbonyl (C=O) groups is 1. The molecule has 20 heavy (non-hydrogen) atoms. The van der Waals surface area contributed by atoms with Gasteiger partial charge in [-0.25, -0.2) is 0 Å². The number of carboxylic acid groups (broad SMARTS) is 1. The third kappa shape index (κ3) is 3.31. The summed E-state index contributed by atoms with van der Waals surface area (Å²) in [5.41, 5.74) is 2.76. The minimum atomic E-state index is -0.817. The molecule has 0 heterocycles.